The van der Waals surface area contributed by atoms with E-state index in [0.29, 0.717) is 22.3 Å². The van der Waals surface area contributed by atoms with Gasteiger partial charge in [-0.1, -0.05) is 18.2 Å². The number of aromatic nitrogens is 1. The molecule has 0 amide bonds. The molecule has 8 heteroatoms. The zero-order valence-corrected chi connectivity index (χ0v) is 14.4. The fourth-order valence-corrected chi connectivity index (χ4v) is 4.11. The number of ether oxygens (including phenoxy) is 1. The summed E-state index contributed by atoms with van der Waals surface area (Å²) in [6.07, 6.45) is 0. The molecule has 0 saturated heterocycles. The minimum absolute atomic E-state index is 0.190. The van der Waals surface area contributed by atoms with Crippen molar-refractivity contribution in [1.82, 2.24) is 4.98 Å². The van der Waals surface area contributed by atoms with E-state index in [1.807, 2.05) is 6.07 Å². The standard InChI is InChI=1S/C16H15N3O3S2/c1-22-15-8-7-11(9-13(15)17)14-10-23-16(18-14)19-24(20,21)12-5-3-2-4-6-12/h2-10H,17H2,1H3,(H,18,19). The van der Waals surface area contributed by atoms with E-state index in [4.69, 9.17) is 10.5 Å². The van der Waals surface area contributed by atoms with Gasteiger partial charge >= 0.3 is 0 Å². The van der Waals surface area contributed by atoms with Crippen molar-refractivity contribution >= 4 is 32.2 Å². The van der Waals surface area contributed by atoms with Crippen molar-refractivity contribution in [2.45, 2.75) is 4.90 Å². The topological polar surface area (TPSA) is 94.3 Å². The smallest absolute Gasteiger partial charge is 0.263 e. The molecule has 0 saturated carbocycles. The van der Waals surface area contributed by atoms with Crippen LogP contribution in [0, 0.1) is 0 Å². The van der Waals surface area contributed by atoms with Crippen LogP contribution in [0.15, 0.2) is 58.8 Å². The van der Waals surface area contributed by atoms with Crippen LogP contribution in [0.5, 0.6) is 5.75 Å². The van der Waals surface area contributed by atoms with E-state index in [-0.39, 0.29) is 4.90 Å². The van der Waals surface area contributed by atoms with Crippen LogP contribution in [-0.4, -0.2) is 20.5 Å². The molecule has 1 aromatic heterocycles. The minimum atomic E-state index is -3.65. The summed E-state index contributed by atoms with van der Waals surface area (Å²) in [6, 6.07) is 13.5. The third-order valence-electron chi connectivity index (χ3n) is 3.30. The van der Waals surface area contributed by atoms with Gasteiger partial charge < -0.3 is 10.5 Å². The average molecular weight is 361 g/mol. The summed E-state index contributed by atoms with van der Waals surface area (Å²) in [7, 11) is -2.10. The number of methoxy groups -OCH3 is 1. The Labute approximate surface area is 144 Å². The summed E-state index contributed by atoms with van der Waals surface area (Å²) >= 11 is 1.21. The first-order chi connectivity index (χ1) is 11.5. The summed E-state index contributed by atoms with van der Waals surface area (Å²) < 4.78 is 32.2. The van der Waals surface area contributed by atoms with Gasteiger partial charge in [0, 0.05) is 10.9 Å². The number of benzene rings is 2. The van der Waals surface area contributed by atoms with Crippen molar-refractivity contribution < 1.29 is 13.2 Å². The lowest BCUT2D eigenvalue weighted by atomic mass is 10.1. The Bertz CT molecular complexity index is 954. The molecule has 0 aliphatic rings. The Balaban J connectivity index is 1.85. The Hall–Kier alpha value is -2.58. The van der Waals surface area contributed by atoms with Crippen LogP contribution >= 0.6 is 11.3 Å². The molecule has 2 aromatic carbocycles. The zero-order chi connectivity index (χ0) is 17.2. The van der Waals surface area contributed by atoms with Crippen LogP contribution in [0.25, 0.3) is 11.3 Å². The van der Waals surface area contributed by atoms with Crippen LogP contribution in [0.1, 0.15) is 0 Å². The number of sulfonamides is 1. The van der Waals surface area contributed by atoms with Crippen molar-refractivity contribution in [3.8, 4) is 17.0 Å². The molecule has 0 spiro atoms. The van der Waals surface area contributed by atoms with E-state index in [0.717, 1.165) is 5.56 Å². The van der Waals surface area contributed by atoms with E-state index in [1.54, 1.807) is 42.8 Å². The second kappa shape index (κ2) is 6.50. The quantitative estimate of drug-likeness (QED) is 0.681. The van der Waals surface area contributed by atoms with E-state index in [1.165, 1.54) is 23.5 Å². The van der Waals surface area contributed by atoms with E-state index >= 15 is 0 Å². The Morgan fingerprint density at radius 1 is 1.17 bits per heavy atom. The van der Waals surface area contributed by atoms with Crippen molar-refractivity contribution in [2.75, 3.05) is 17.6 Å². The lowest BCUT2D eigenvalue weighted by Gasteiger charge is -2.06. The maximum absolute atomic E-state index is 12.3. The normalized spacial score (nSPS) is 11.2. The summed E-state index contributed by atoms with van der Waals surface area (Å²) in [4.78, 5) is 4.51. The molecule has 6 nitrogen and oxygen atoms in total. The number of nitrogens with one attached hydrogen (secondary N) is 1. The van der Waals surface area contributed by atoms with Gasteiger partial charge in [-0.15, -0.1) is 11.3 Å². The number of thiazole rings is 1. The van der Waals surface area contributed by atoms with Gasteiger partial charge in [-0.2, -0.15) is 0 Å². The molecule has 0 aliphatic carbocycles. The summed E-state index contributed by atoms with van der Waals surface area (Å²) in [6.45, 7) is 0. The van der Waals surface area contributed by atoms with Gasteiger partial charge in [0.2, 0.25) is 0 Å². The van der Waals surface area contributed by atoms with E-state index < -0.39 is 10.0 Å². The first-order valence-corrected chi connectivity index (χ1v) is 9.33. The largest absolute Gasteiger partial charge is 0.495 e. The molecular weight excluding hydrogens is 346 g/mol. The molecule has 0 unspecified atom stereocenters. The molecule has 3 aromatic rings. The molecule has 24 heavy (non-hydrogen) atoms. The number of hydrogen-bond acceptors (Lipinski definition) is 6. The number of nitrogens with zero attached hydrogens (tertiary/aromatic N) is 1. The van der Waals surface area contributed by atoms with Crippen molar-refractivity contribution in [3.05, 3.63) is 53.9 Å². The highest BCUT2D eigenvalue weighted by Crippen LogP contribution is 2.31. The molecule has 0 bridgehead atoms. The number of hydrogen-bond donors (Lipinski definition) is 2. The molecule has 3 N–H and O–H groups in total. The second-order valence-electron chi connectivity index (χ2n) is 4.91. The van der Waals surface area contributed by atoms with Crippen LogP contribution < -0.4 is 15.2 Å². The first-order valence-electron chi connectivity index (χ1n) is 6.97. The lowest BCUT2D eigenvalue weighted by Crippen LogP contribution is -2.12. The van der Waals surface area contributed by atoms with Gasteiger partial charge in [-0.05, 0) is 30.3 Å². The maximum Gasteiger partial charge on any atom is 0.263 e. The number of nitrogens with two attached hydrogens (primary N) is 1. The average Bonchev–Trinajstić information content (AvgIpc) is 3.03. The second-order valence-corrected chi connectivity index (χ2v) is 7.45. The minimum Gasteiger partial charge on any atom is -0.495 e. The predicted molar refractivity (Wildman–Crippen MR) is 95.8 cm³/mol. The van der Waals surface area contributed by atoms with Crippen LogP contribution in [0.2, 0.25) is 0 Å². The Morgan fingerprint density at radius 2 is 1.92 bits per heavy atom. The third-order valence-corrected chi connectivity index (χ3v) is 5.55. The highest BCUT2D eigenvalue weighted by atomic mass is 32.2. The number of rotatable bonds is 5. The van der Waals surface area contributed by atoms with Crippen molar-refractivity contribution in [2.24, 2.45) is 0 Å². The van der Waals surface area contributed by atoms with Gasteiger partial charge in [0.15, 0.2) is 5.13 Å². The van der Waals surface area contributed by atoms with Crippen molar-refractivity contribution in [3.63, 3.8) is 0 Å². The highest BCUT2D eigenvalue weighted by molar-refractivity contribution is 7.93. The molecule has 0 atom stereocenters. The van der Waals surface area contributed by atoms with Gasteiger partial charge in [-0.25, -0.2) is 13.4 Å². The van der Waals surface area contributed by atoms with E-state index in [2.05, 4.69) is 9.71 Å². The fourth-order valence-electron chi connectivity index (χ4n) is 2.12. The molecule has 124 valence electrons. The van der Waals surface area contributed by atoms with Crippen molar-refractivity contribution in [1.29, 1.82) is 0 Å². The Kier molecular flexibility index (Phi) is 4.41. The van der Waals surface area contributed by atoms with Crippen LogP contribution in [-0.2, 0) is 10.0 Å². The Morgan fingerprint density at radius 3 is 2.58 bits per heavy atom. The molecule has 3 rings (SSSR count). The zero-order valence-electron chi connectivity index (χ0n) is 12.8. The lowest BCUT2D eigenvalue weighted by molar-refractivity contribution is 0.417. The molecule has 0 fully saturated rings. The highest BCUT2D eigenvalue weighted by Gasteiger charge is 2.16. The SMILES string of the molecule is COc1ccc(-c2csc(NS(=O)(=O)c3ccccc3)n2)cc1N. The summed E-state index contributed by atoms with van der Waals surface area (Å²) in [5.41, 5.74) is 7.81. The molecule has 0 radical (unpaired) electrons. The van der Waals surface area contributed by atoms with Gasteiger partial charge in [0.05, 0.1) is 23.4 Å². The summed E-state index contributed by atoms with van der Waals surface area (Å²) in [5, 5.41) is 2.06. The number of nitrogen functional groups attached to an aromatic ring is 1. The van der Waals surface area contributed by atoms with Gasteiger partial charge in [0.1, 0.15) is 5.75 Å². The predicted octanol–water partition coefficient (Wildman–Crippen LogP) is 3.20. The van der Waals surface area contributed by atoms with E-state index in [9.17, 15) is 8.42 Å². The molecular formula is C16H15N3O3S2. The monoisotopic (exact) mass is 361 g/mol. The molecule has 1 heterocycles. The maximum atomic E-state index is 12.3. The summed E-state index contributed by atoms with van der Waals surface area (Å²) in [5.74, 6) is 0.582. The van der Waals surface area contributed by atoms with Gasteiger partial charge in [-0.3, -0.25) is 4.72 Å². The van der Waals surface area contributed by atoms with Crippen LogP contribution in [0.3, 0.4) is 0 Å². The van der Waals surface area contributed by atoms with Crippen LogP contribution in [0.4, 0.5) is 10.8 Å². The number of anilines is 2. The van der Waals surface area contributed by atoms with Gasteiger partial charge in [0.25, 0.3) is 10.0 Å². The molecule has 0 aliphatic heterocycles. The first kappa shape index (κ1) is 16.3. The fraction of sp³-hybridized carbons (Fsp3) is 0.0625. The third kappa shape index (κ3) is 3.34.